The molecule has 2 rings (SSSR count). The summed E-state index contributed by atoms with van der Waals surface area (Å²) in [6.45, 7) is 0.933. The minimum absolute atomic E-state index is 0.0640. The van der Waals surface area contributed by atoms with E-state index in [-0.39, 0.29) is 22.4 Å². The molecule has 1 aliphatic heterocycles. The van der Waals surface area contributed by atoms with Crippen LogP contribution in [0, 0.1) is 11.3 Å². The summed E-state index contributed by atoms with van der Waals surface area (Å²) in [4.78, 5) is 36.8. The zero-order chi connectivity index (χ0) is 14.9. The summed E-state index contributed by atoms with van der Waals surface area (Å²) in [6, 6.07) is 8.01. The molecule has 1 aliphatic rings. The van der Waals surface area contributed by atoms with Crippen LogP contribution < -0.4 is 5.73 Å². The second-order valence-corrected chi connectivity index (χ2v) is 4.34. The van der Waals surface area contributed by atoms with Crippen molar-refractivity contribution in [1.82, 2.24) is 4.90 Å². The molecule has 0 atom stereocenters. The first-order chi connectivity index (χ1) is 9.47. The third-order valence-corrected chi connectivity index (χ3v) is 2.96. The fraction of sp³-hybridized carbons (Fsp3) is 0.143. The molecule has 20 heavy (non-hydrogen) atoms. The Morgan fingerprint density at radius 1 is 1.25 bits per heavy atom. The lowest BCUT2D eigenvalue weighted by atomic mass is 10.1. The monoisotopic (exact) mass is 269 g/mol. The first-order valence-corrected chi connectivity index (χ1v) is 5.82. The number of fused-ring (bicyclic) bond motifs is 1. The summed E-state index contributed by atoms with van der Waals surface area (Å²) in [5, 5.41) is 8.85. The number of Topliss-reactive ketones (excluding diaryl/α,β-unsaturated/α-hetero) is 1. The van der Waals surface area contributed by atoms with Crippen LogP contribution in [0.3, 0.4) is 0 Å². The summed E-state index contributed by atoms with van der Waals surface area (Å²) in [7, 11) is 0. The molecule has 0 spiro atoms. The third-order valence-electron chi connectivity index (χ3n) is 2.96. The highest BCUT2D eigenvalue weighted by molar-refractivity contribution is 6.23. The smallest absolute Gasteiger partial charge is 0.261 e. The molecular weight excluding hydrogens is 258 g/mol. The number of nitriles is 1. The van der Waals surface area contributed by atoms with Gasteiger partial charge >= 0.3 is 0 Å². The zero-order valence-corrected chi connectivity index (χ0v) is 10.7. The fourth-order valence-electron chi connectivity index (χ4n) is 1.98. The van der Waals surface area contributed by atoms with Crippen LogP contribution >= 0.6 is 0 Å². The summed E-state index contributed by atoms with van der Waals surface area (Å²) in [5.41, 5.74) is 5.78. The van der Waals surface area contributed by atoms with Gasteiger partial charge in [-0.3, -0.25) is 19.3 Å². The maximum atomic E-state index is 12.0. The van der Waals surface area contributed by atoms with Crippen molar-refractivity contribution in [3.8, 4) is 6.07 Å². The lowest BCUT2D eigenvalue weighted by Gasteiger charge is -2.12. The van der Waals surface area contributed by atoms with Gasteiger partial charge in [-0.15, -0.1) is 0 Å². The van der Waals surface area contributed by atoms with Crippen LogP contribution in [0.5, 0.6) is 0 Å². The van der Waals surface area contributed by atoms with Crippen molar-refractivity contribution >= 4 is 17.6 Å². The van der Waals surface area contributed by atoms with E-state index in [1.165, 1.54) is 19.1 Å². The topological polar surface area (TPSA) is 104 Å². The molecule has 6 nitrogen and oxygen atoms in total. The Kier molecular flexibility index (Phi) is 3.36. The molecule has 1 aromatic rings. The quantitative estimate of drug-likeness (QED) is 0.491. The largest absolute Gasteiger partial charge is 0.401 e. The lowest BCUT2D eigenvalue weighted by molar-refractivity contribution is -0.115. The Labute approximate surface area is 115 Å². The highest BCUT2D eigenvalue weighted by Crippen LogP contribution is 2.22. The Morgan fingerprint density at radius 2 is 1.75 bits per heavy atom. The number of imide groups is 1. The summed E-state index contributed by atoms with van der Waals surface area (Å²) in [6.07, 6.45) is 0. The highest BCUT2D eigenvalue weighted by Gasteiger charge is 2.36. The van der Waals surface area contributed by atoms with Crippen LogP contribution in [0.4, 0.5) is 0 Å². The fourth-order valence-corrected chi connectivity index (χ4v) is 1.98. The van der Waals surface area contributed by atoms with Crippen LogP contribution in [0.1, 0.15) is 27.6 Å². The van der Waals surface area contributed by atoms with Gasteiger partial charge in [0.15, 0.2) is 5.78 Å². The molecule has 0 saturated carbocycles. The number of ketones is 1. The zero-order valence-electron chi connectivity index (χ0n) is 10.7. The van der Waals surface area contributed by atoms with Gasteiger partial charge in [-0.2, -0.15) is 5.26 Å². The van der Waals surface area contributed by atoms with E-state index >= 15 is 0 Å². The SMILES string of the molecule is C/C(N)=C(\C#N)C(=O)CN1C(=O)c2ccccc2C1=O. The first-order valence-electron chi connectivity index (χ1n) is 5.82. The van der Waals surface area contributed by atoms with E-state index in [1.54, 1.807) is 18.2 Å². The molecule has 0 aromatic heterocycles. The molecule has 0 bridgehead atoms. The number of nitrogens with two attached hydrogens (primary N) is 1. The number of nitrogens with zero attached hydrogens (tertiary/aromatic N) is 2. The van der Waals surface area contributed by atoms with Gasteiger partial charge in [0.2, 0.25) is 0 Å². The maximum absolute atomic E-state index is 12.0. The van der Waals surface area contributed by atoms with E-state index in [9.17, 15) is 14.4 Å². The molecule has 0 fully saturated rings. The van der Waals surface area contributed by atoms with Gasteiger partial charge in [-0.25, -0.2) is 0 Å². The van der Waals surface area contributed by atoms with Crippen LogP contribution in [0.2, 0.25) is 0 Å². The van der Waals surface area contributed by atoms with Gasteiger partial charge < -0.3 is 5.73 Å². The number of benzene rings is 1. The van der Waals surface area contributed by atoms with Gasteiger partial charge in [-0.1, -0.05) is 12.1 Å². The number of allylic oxidation sites excluding steroid dienone is 1. The number of hydrogen-bond acceptors (Lipinski definition) is 5. The molecule has 1 aromatic carbocycles. The molecule has 2 amide bonds. The predicted molar refractivity (Wildman–Crippen MR) is 69.3 cm³/mol. The van der Waals surface area contributed by atoms with Crippen molar-refractivity contribution in [3.05, 3.63) is 46.7 Å². The standard InChI is InChI=1S/C14H11N3O3/c1-8(16)11(6-15)12(18)7-17-13(19)9-4-2-3-5-10(9)14(17)20/h2-5H,7,16H2,1H3/b11-8-. The van der Waals surface area contributed by atoms with E-state index < -0.39 is 24.1 Å². The molecule has 0 saturated heterocycles. The Bertz CT molecular complexity index is 659. The molecular formula is C14H11N3O3. The highest BCUT2D eigenvalue weighted by atomic mass is 16.2. The van der Waals surface area contributed by atoms with E-state index in [0.29, 0.717) is 0 Å². The van der Waals surface area contributed by atoms with E-state index in [4.69, 9.17) is 11.0 Å². The van der Waals surface area contributed by atoms with Crippen molar-refractivity contribution in [2.24, 2.45) is 5.73 Å². The van der Waals surface area contributed by atoms with Gasteiger partial charge in [0, 0.05) is 5.70 Å². The van der Waals surface area contributed by atoms with Crippen molar-refractivity contribution < 1.29 is 14.4 Å². The van der Waals surface area contributed by atoms with Gasteiger partial charge in [0.25, 0.3) is 11.8 Å². The minimum Gasteiger partial charge on any atom is -0.401 e. The van der Waals surface area contributed by atoms with Crippen LogP contribution in [-0.2, 0) is 4.79 Å². The number of rotatable bonds is 3. The summed E-state index contributed by atoms with van der Waals surface area (Å²) in [5.74, 6) is -1.72. The van der Waals surface area contributed by atoms with E-state index in [2.05, 4.69) is 0 Å². The second kappa shape index (κ2) is 4.97. The molecule has 1 heterocycles. The number of amides is 2. The molecule has 2 N–H and O–H groups in total. The molecule has 0 aliphatic carbocycles. The molecule has 0 unspecified atom stereocenters. The summed E-state index contributed by atoms with van der Waals surface area (Å²) < 4.78 is 0. The lowest BCUT2D eigenvalue weighted by Crippen LogP contribution is -2.35. The Morgan fingerprint density at radius 3 is 2.15 bits per heavy atom. The third kappa shape index (κ3) is 2.06. The normalized spacial score (nSPS) is 14.7. The minimum atomic E-state index is -0.651. The first kappa shape index (κ1) is 13.5. The van der Waals surface area contributed by atoms with Crippen molar-refractivity contribution in [2.45, 2.75) is 6.92 Å². The van der Waals surface area contributed by atoms with E-state index in [1.807, 2.05) is 0 Å². The second-order valence-electron chi connectivity index (χ2n) is 4.34. The van der Waals surface area contributed by atoms with Crippen LogP contribution in [-0.4, -0.2) is 29.0 Å². The molecule has 6 heteroatoms. The average molecular weight is 269 g/mol. The van der Waals surface area contributed by atoms with Crippen molar-refractivity contribution in [1.29, 1.82) is 5.26 Å². The van der Waals surface area contributed by atoms with Gasteiger partial charge in [-0.05, 0) is 19.1 Å². The molecule has 0 radical (unpaired) electrons. The predicted octanol–water partition coefficient (Wildman–Crippen LogP) is 0.608. The average Bonchev–Trinajstić information content (AvgIpc) is 2.65. The van der Waals surface area contributed by atoms with Crippen molar-refractivity contribution in [3.63, 3.8) is 0 Å². The number of hydrogen-bond donors (Lipinski definition) is 1. The maximum Gasteiger partial charge on any atom is 0.261 e. The van der Waals surface area contributed by atoms with Gasteiger partial charge in [0.1, 0.15) is 11.6 Å². The van der Waals surface area contributed by atoms with Crippen LogP contribution in [0.25, 0.3) is 0 Å². The molecule has 100 valence electrons. The van der Waals surface area contributed by atoms with Crippen molar-refractivity contribution in [2.75, 3.05) is 6.54 Å². The number of carbonyl (C=O) groups is 3. The Balaban J connectivity index is 2.29. The van der Waals surface area contributed by atoms with Crippen LogP contribution in [0.15, 0.2) is 35.5 Å². The summed E-state index contributed by atoms with van der Waals surface area (Å²) >= 11 is 0. The number of carbonyl (C=O) groups excluding carboxylic acids is 3. The van der Waals surface area contributed by atoms with Gasteiger partial charge in [0.05, 0.1) is 17.7 Å². The Hall–Kier alpha value is -2.94. The van der Waals surface area contributed by atoms with E-state index in [0.717, 1.165) is 4.90 Å².